The van der Waals surface area contributed by atoms with E-state index >= 15 is 0 Å². The summed E-state index contributed by atoms with van der Waals surface area (Å²) in [5.74, 6) is 0.465. The number of aliphatic imine (C=N–C) groups is 1. The maximum Gasteiger partial charge on any atom is 0.0488 e. The molecule has 0 saturated heterocycles. The van der Waals surface area contributed by atoms with Crippen LogP contribution in [0.25, 0.3) is 0 Å². The van der Waals surface area contributed by atoms with E-state index in [2.05, 4.69) is 31.5 Å². The largest absolute Gasteiger partial charge is 0.262 e. The van der Waals surface area contributed by atoms with Gasteiger partial charge < -0.3 is 0 Å². The van der Waals surface area contributed by atoms with Crippen LogP contribution in [-0.4, -0.2) is 5.71 Å². The van der Waals surface area contributed by atoms with Gasteiger partial charge in [0.15, 0.2) is 0 Å². The number of hydrogen-bond donors (Lipinski definition) is 1. The van der Waals surface area contributed by atoms with Gasteiger partial charge >= 0.3 is 0 Å². The molecule has 0 atom stereocenters. The van der Waals surface area contributed by atoms with Crippen LogP contribution in [0.5, 0.6) is 0 Å². The maximum absolute atomic E-state index is 4.30. The molecule has 0 spiro atoms. The second-order valence-electron chi connectivity index (χ2n) is 2.77. The summed E-state index contributed by atoms with van der Waals surface area (Å²) in [6.07, 6.45) is 0. The third kappa shape index (κ3) is 3.72. The molecule has 10 heavy (non-hydrogen) atoms. The summed E-state index contributed by atoms with van der Waals surface area (Å²) in [6.45, 7) is 8.18. The third-order valence-corrected chi connectivity index (χ3v) is 1.34. The van der Waals surface area contributed by atoms with Crippen LogP contribution in [0.3, 0.4) is 0 Å². The summed E-state index contributed by atoms with van der Waals surface area (Å²) in [5.41, 5.74) is 2.12. The highest BCUT2D eigenvalue weighted by Crippen LogP contribution is 2.11. The van der Waals surface area contributed by atoms with Crippen molar-refractivity contribution in [3.05, 3.63) is 11.1 Å². The summed E-state index contributed by atoms with van der Waals surface area (Å²) in [4.78, 5) is 4.30. The molecule has 0 saturated carbocycles. The molecular formula is C8H15NS. The zero-order valence-electron chi connectivity index (χ0n) is 7.05. The van der Waals surface area contributed by atoms with E-state index in [-0.39, 0.29) is 0 Å². The highest BCUT2D eigenvalue weighted by Gasteiger charge is 1.98. The number of allylic oxidation sites excluding steroid dienone is 1. The van der Waals surface area contributed by atoms with E-state index in [1.54, 1.807) is 5.41 Å². The molecule has 0 unspecified atom stereocenters. The Bertz CT molecular complexity index is 153. The fourth-order valence-corrected chi connectivity index (χ4v) is 0.921. The quantitative estimate of drug-likeness (QED) is 0.467. The van der Waals surface area contributed by atoms with Gasteiger partial charge in [0.2, 0.25) is 0 Å². The van der Waals surface area contributed by atoms with E-state index in [0.717, 1.165) is 11.4 Å². The Morgan fingerprint density at radius 1 is 1.40 bits per heavy atom. The summed E-state index contributed by atoms with van der Waals surface area (Å²) in [7, 11) is 0. The Morgan fingerprint density at radius 2 is 1.90 bits per heavy atom. The second kappa shape index (κ2) is 4.56. The molecule has 0 aromatic rings. The lowest BCUT2D eigenvalue weighted by Crippen LogP contribution is -1.92. The Morgan fingerprint density at radius 3 is 2.00 bits per heavy atom. The van der Waals surface area contributed by atoms with Gasteiger partial charge in [-0.3, -0.25) is 4.99 Å². The van der Waals surface area contributed by atoms with E-state index in [4.69, 9.17) is 0 Å². The van der Waals surface area contributed by atoms with Gasteiger partial charge in [0.05, 0.1) is 0 Å². The molecule has 0 heterocycles. The van der Waals surface area contributed by atoms with Crippen molar-refractivity contribution in [3.8, 4) is 0 Å². The predicted octanol–water partition coefficient (Wildman–Crippen LogP) is 2.89. The van der Waals surface area contributed by atoms with Crippen LogP contribution in [0.1, 0.15) is 27.7 Å². The van der Waals surface area contributed by atoms with Gasteiger partial charge in [-0.15, -0.1) is 12.6 Å². The minimum atomic E-state index is 0.465. The maximum atomic E-state index is 4.30. The third-order valence-electron chi connectivity index (χ3n) is 1.08. The van der Waals surface area contributed by atoms with Gasteiger partial charge in [-0.05, 0) is 25.2 Å². The van der Waals surface area contributed by atoms with Gasteiger partial charge in [0.1, 0.15) is 0 Å². The molecule has 0 bridgehead atoms. The zero-order chi connectivity index (χ0) is 8.15. The predicted molar refractivity (Wildman–Crippen MR) is 50.7 cm³/mol. The van der Waals surface area contributed by atoms with Crippen LogP contribution < -0.4 is 0 Å². The molecule has 1 nitrogen and oxygen atoms in total. The van der Waals surface area contributed by atoms with Crippen molar-refractivity contribution < 1.29 is 0 Å². The standard InChI is InChI=1S/C8H15NS/c1-6(2)8(5-10)9-7(3)4/h5-6,10H,1-4H3/b8-5-. The van der Waals surface area contributed by atoms with Crippen LogP contribution in [-0.2, 0) is 0 Å². The lowest BCUT2D eigenvalue weighted by atomic mass is 10.2. The summed E-state index contributed by atoms with van der Waals surface area (Å²) in [5, 5.41) is 1.76. The Labute approximate surface area is 68.7 Å². The Kier molecular flexibility index (Phi) is 4.45. The number of thiol groups is 1. The molecule has 0 amide bonds. The van der Waals surface area contributed by atoms with Gasteiger partial charge in [0, 0.05) is 11.4 Å². The lowest BCUT2D eigenvalue weighted by molar-refractivity contribution is 0.760. The van der Waals surface area contributed by atoms with Crippen molar-refractivity contribution in [2.45, 2.75) is 27.7 Å². The van der Waals surface area contributed by atoms with Crippen molar-refractivity contribution in [2.24, 2.45) is 10.9 Å². The first-order chi connectivity index (χ1) is 4.57. The molecule has 0 aromatic carbocycles. The first kappa shape index (κ1) is 9.76. The monoisotopic (exact) mass is 157 g/mol. The van der Waals surface area contributed by atoms with Crippen LogP contribution in [0.15, 0.2) is 16.1 Å². The van der Waals surface area contributed by atoms with Crippen molar-refractivity contribution in [1.29, 1.82) is 0 Å². The minimum absolute atomic E-state index is 0.465. The fourth-order valence-electron chi connectivity index (χ4n) is 0.565. The van der Waals surface area contributed by atoms with E-state index in [9.17, 15) is 0 Å². The number of nitrogens with zero attached hydrogens (tertiary/aromatic N) is 1. The van der Waals surface area contributed by atoms with Crippen molar-refractivity contribution in [1.82, 2.24) is 0 Å². The van der Waals surface area contributed by atoms with Gasteiger partial charge in [-0.25, -0.2) is 0 Å². The van der Waals surface area contributed by atoms with Crippen LogP contribution >= 0.6 is 12.6 Å². The molecule has 0 aliphatic carbocycles. The molecular weight excluding hydrogens is 142 g/mol. The number of rotatable bonds is 2. The Hall–Kier alpha value is -0.240. The van der Waals surface area contributed by atoms with Crippen molar-refractivity contribution in [3.63, 3.8) is 0 Å². The van der Waals surface area contributed by atoms with Crippen molar-refractivity contribution in [2.75, 3.05) is 0 Å². The van der Waals surface area contributed by atoms with Gasteiger partial charge in [-0.1, -0.05) is 13.8 Å². The van der Waals surface area contributed by atoms with Crippen LogP contribution in [0, 0.1) is 5.92 Å². The summed E-state index contributed by atoms with van der Waals surface area (Å²) in [6, 6.07) is 0. The van der Waals surface area contributed by atoms with Crippen LogP contribution in [0.4, 0.5) is 0 Å². The smallest absolute Gasteiger partial charge is 0.0488 e. The van der Waals surface area contributed by atoms with Crippen LogP contribution in [0.2, 0.25) is 0 Å². The Balaban J connectivity index is 4.26. The number of hydrogen-bond acceptors (Lipinski definition) is 2. The van der Waals surface area contributed by atoms with E-state index in [0.29, 0.717) is 5.92 Å². The second-order valence-corrected chi connectivity index (χ2v) is 3.03. The summed E-state index contributed by atoms with van der Waals surface area (Å²) >= 11 is 4.06. The SMILES string of the molecule is CC(C)=N/C(=C\S)C(C)C. The van der Waals surface area contributed by atoms with Gasteiger partial charge in [0.25, 0.3) is 0 Å². The first-order valence-electron chi connectivity index (χ1n) is 3.44. The normalized spacial score (nSPS) is 12.0. The fraction of sp³-hybridized carbons (Fsp3) is 0.625. The molecule has 0 N–H and O–H groups in total. The average molecular weight is 157 g/mol. The van der Waals surface area contributed by atoms with E-state index in [1.165, 1.54) is 0 Å². The van der Waals surface area contributed by atoms with Crippen molar-refractivity contribution >= 4 is 18.3 Å². The average Bonchev–Trinajstić information content (AvgIpc) is 1.81. The molecule has 0 aromatic heterocycles. The minimum Gasteiger partial charge on any atom is -0.262 e. The molecule has 0 aliphatic rings. The van der Waals surface area contributed by atoms with E-state index in [1.807, 2.05) is 13.8 Å². The molecule has 0 aliphatic heterocycles. The first-order valence-corrected chi connectivity index (χ1v) is 3.95. The molecule has 58 valence electrons. The summed E-state index contributed by atoms with van der Waals surface area (Å²) < 4.78 is 0. The lowest BCUT2D eigenvalue weighted by Gasteiger charge is -2.03. The molecule has 0 radical (unpaired) electrons. The van der Waals surface area contributed by atoms with E-state index < -0.39 is 0 Å². The topological polar surface area (TPSA) is 12.4 Å². The zero-order valence-corrected chi connectivity index (χ0v) is 7.94. The highest BCUT2D eigenvalue weighted by atomic mass is 32.1. The molecule has 0 fully saturated rings. The molecule has 0 rings (SSSR count). The molecule has 2 heteroatoms. The highest BCUT2D eigenvalue weighted by molar-refractivity contribution is 7.83. The van der Waals surface area contributed by atoms with Gasteiger partial charge in [-0.2, -0.15) is 0 Å².